The number of alkyl halides is 2. The van der Waals surface area contributed by atoms with E-state index < -0.39 is 6.43 Å². The number of hydrogen-bond donors (Lipinski definition) is 1. The van der Waals surface area contributed by atoms with Gasteiger partial charge in [-0.25, -0.2) is 13.8 Å². The van der Waals surface area contributed by atoms with Crippen LogP contribution in [0.25, 0.3) is 0 Å². The second kappa shape index (κ2) is 5.64. The molecule has 0 unspecified atom stereocenters. The summed E-state index contributed by atoms with van der Waals surface area (Å²) >= 11 is 0. The summed E-state index contributed by atoms with van der Waals surface area (Å²) in [5, 5.41) is 2.66. The van der Waals surface area contributed by atoms with Gasteiger partial charge in [-0.1, -0.05) is 0 Å². The Bertz CT molecular complexity index is 211. The van der Waals surface area contributed by atoms with Crippen LogP contribution in [0.2, 0.25) is 0 Å². The Morgan fingerprint density at radius 2 is 2.31 bits per heavy atom. The molecule has 0 aliphatic carbocycles. The average molecular weight is 189 g/mol. The number of imidazole rings is 1. The Morgan fingerprint density at radius 3 is 2.92 bits per heavy atom. The maximum Gasteiger partial charge on any atom is 0.250 e. The molecule has 0 aromatic carbocycles. The van der Waals surface area contributed by atoms with Gasteiger partial charge < -0.3 is 9.88 Å². The Kier molecular flexibility index (Phi) is 4.39. The third-order valence-electron chi connectivity index (χ3n) is 1.63. The van der Waals surface area contributed by atoms with Crippen molar-refractivity contribution in [1.82, 2.24) is 14.9 Å². The highest BCUT2D eigenvalue weighted by molar-refractivity contribution is 4.73. The van der Waals surface area contributed by atoms with Crippen molar-refractivity contribution in [2.24, 2.45) is 0 Å². The second-order valence-corrected chi connectivity index (χ2v) is 2.75. The molecule has 1 aromatic rings. The van der Waals surface area contributed by atoms with Crippen LogP contribution in [0.4, 0.5) is 8.78 Å². The lowest BCUT2D eigenvalue weighted by Gasteiger charge is -2.03. The van der Waals surface area contributed by atoms with Crippen molar-refractivity contribution in [1.29, 1.82) is 0 Å². The van der Waals surface area contributed by atoms with E-state index in [9.17, 15) is 8.78 Å². The quantitative estimate of drug-likeness (QED) is 0.680. The number of nitrogens with one attached hydrogen (secondary N) is 1. The number of rotatable bonds is 6. The molecule has 5 heteroatoms. The minimum absolute atomic E-state index is 0.218. The maximum atomic E-state index is 11.7. The third-order valence-corrected chi connectivity index (χ3v) is 1.63. The van der Waals surface area contributed by atoms with E-state index in [-0.39, 0.29) is 6.54 Å². The second-order valence-electron chi connectivity index (χ2n) is 2.75. The lowest BCUT2D eigenvalue weighted by atomic mass is 10.4. The van der Waals surface area contributed by atoms with Gasteiger partial charge in [0.15, 0.2) is 0 Å². The maximum absolute atomic E-state index is 11.7. The Balaban J connectivity index is 1.96. The first-order chi connectivity index (χ1) is 6.29. The summed E-state index contributed by atoms with van der Waals surface area (Å²) in [5.74, 6) is 0. The molecule has 1 N–H and O–H groups in total. The van der Waals surface area contributed by atoms with E-state index in [1.807, 2.05) is 10.8 Å². The molecule has 74 valence electrons. The van der Waals surface area contributed by atoms with Crippen molar-refractivity contribution < 1.29 is 8.78 Å². The molecule has 0 radical (unpaired) electrons. The predicted octanol–water partition coefficient (Wildman–Crippen LogP) is 1.13. The highest BCUT2D eigenvalue weighted by atomic mass is 19.3. The minimum Gasteiger partial charge on any atom is -0.337 e. The summed E-state index contributed by atoms with van der Waals surface area (Å²) in [6, 6.07) is 0. The number of aryl methyl sites for hydroxylation is 1. The zero-order valence-electron chi connectivity index (χ0n) is 7.29. The standard InChI is InChI=1S/C8H13F2N3/c9-8(10)6-11-2-1-4-13-5-3-12-7-13/h3,5,7-8,11H,1-2,4,6H2. The van der Waals surface area contributed by atoms with Crippen LogP contribution in [-0.2, 0) is 6.54 Å². The average Bonchev–Trinajstić information content (AvgIpc) is 2.55. The van der Waals surface area contributed by atoms with Crippen LogP contribution in [0.1, 0.15) is 6.42 Å². The Morgan fingerprint density at radius 1 is 1.46 bits per heavy atom. The van der Waals surface area contributed by atoms with E-state index in [0.717, 1.165) is 13.0 Å². The van der Waals surface area contributed by atoms with E-state index in [2.05, 4.69) is 10.3 Å². The molecule has 13 heavy (non-hydrogen) atoms. The SMILES string of the molecule is FC(F)CNCCCn1ccnc1. The summed E-state index contributed by atoms with van der Waals surface area (Å²) in [6.45, 7) is 1.21. The van der Waals surface area contributed by atoms with Gasteiger partial charge in [0, 0.05) is 18.9 Å². The molecule has 0 fully saturated rings. The van der Waals surface area contributed by atoms with Crippen LogP contribution >= 0.6 is 0 Å². The van der Waals surface area contributed by atoms with Gasteiger partial charge in [0.05, 0.1) is 12.9 Å². The van der Waals surface area contributed by atoms with E-state index >= 15 is 0 Å². The van der Waals surface area contributed by atoms with Crippen LogP contribution < -0.4 is 5.32 Å². The van der Waals surface area contributed by atoms with Crippen LogP contribution in [0.15, 0.2) is 18.7 Å². The van der Waals surface area contributed by atoms with Crippen LogP contribution in [0.5, 0.6) is 0 Å². The van der Waals surface area contributed by atoms with Gasteiger partial charge in [-0.15, -0.1) is 0 Å². The normalized spacial score (nSPS) is 11.0. The molecule has 0 amide bonds. The molecule has 0 aliphatic rings. The molecule has 0 atom stereocenters. The van der Waals surface area contributed by atoms with Crippen molar-refractivity contribution in [3.63, 3.8) is 0 Å². The molecular weight excluding hydrogens is 176 g/mol. The first kappa shape index (κ1) is 10.1. The number of nitrogens with zero attached hydrogens (tertiary/aromatic N) is 2. The van der Waals surface area contributed by atoms with Crippen LogP contribution in [0.3, 0.4) is 0 Å². The fourth-order valence-electron chi connectivity index (χ4n) is 1.02. The zero-order chi connectivity index (χ0) is 9.52. The molecule has 0 bridgehead atoms. The van der Waals surface area contributed by atoms with Crippen molar-refractivity contribution in [2.45, 2.75) is 19.4 Å². The van der Waals surface area contributed by atoms with E-state index in [1.165, 1.54) is 0 Å². The molecule has 3 nitrogen and oxygen atoms in total. The third kappa shape index (κ3) is 4.57. The van der Waals surface area contributed by atoms with Gasteiger partial charge in [-0.05, 0) is 13.0 Å². The molecule has 0 saturated heterocycles. The largest absolute Gasteiger partial charge is 0.337 e. The summed E-state index contributed by atoms with van der Waals surface area (Å²) in [6.07, 6.45) is 3.85. The lowest BCUT2D eigenvalue weighted by molar-refractivity contribution is 0.146. The van der Waals surface area contributed by atoms with Crippen molar-refractivity contribution in [3.05, 3.63) is 18.7 Å². The van der Waals surface area contributed by atoms with Gasteiger partial charge in [-0.3, -0.25) is 0 Å². The summed E-state index contributed by atoms with van der Waals surface area (Å²) in [5.41, 5.74) is 0. The van der Waals surface area contributed by atoms with Crippen LogP contribution in [-0.4, -0.2) is 29.1 Å². The minimum atomic E-state index is -2.26. The topological polar surface area (TPSA) is 29.9 Å². The van der Waals surface area contributed by atoms with Crippen LogP contribution in [0, 0.1) is 0 Å². The van der Waals surface area contributed by atoms with Gasteiger partial charge >= 0.3 is 0 Å². The fourth-order valence-corrected chi connectivity index (χ4v) is 1.02. The van der Waals surface area contributed by atoms with Gasteiger partial charge in [0.2, 0.25) is 0 Å². The summed E-state index contributed by atoms with van der Waals surface area (Å²) < 4.78 is 25.2. The number of hydrogen-bond acceptors (Lipinski definition) is 2. The van der Waals surface area contributed by atoms with E-state index in [4.69, 9.17) is 0 Å². The highest BCUT2D eigenvalue weighted by Gasteiger charge is 1.99. The molecule has 0 saturated carbocycles. The van der Waals surface area contributed by atoms with Gasteiger partial charge in [0.25, 0.3) is 6.43 Å². The molecule has 1 rings (SSSR count). The van der Waals surface area contributed by atoms with Gasteiger partial charge in [0.1, 0.15) is 0 Å². The monoisotopic (exact) mass is 189 g/mol. The van der Waals surface area contributed by atoms with Crippen molar-refractivity contribution >= 4 is 0 Å². The Hall–Kier alpha value is -0.970. The lowest BCUT2D eigenvalue weighted by Crippen LogP contribution is -2.23. The van der Waals surface area contributed by atoms with Crippen molar-refractivity contribution in [3.8, 4) is 0 Å². The van der Waals surface area contributed by atoms with Crippen molar-refractivity contribution in [2.75, 3.05) is 13.1 Å². The Labute approximate surface area is 75.8 Å². The molecular formula is C8H13F2N3. The first-order valence-corrected chi connectivity index (χ1v) is 4.23. The molecule has 0 spiro atoms. The number of halogens is 2. The van der Waals surface area contributed by atoms with Gasteiger partial charge in [-0.2, -0.15) is 0 Å². The summed E-state index contributed by atoms with van der Waals surface area (Å²) in [4.78, 5) is 3.87. The van der Waals surface area contributed by atoms with E-state index in [0.29, 0.717) is 6.54 Å². The predicted molar refractivity (Wildman–Crippen MR) is 45.7 cm³/mol. The fraction of sp³-hybridized carbons (Fsp3) is 0.625. The van der Waals surface area contributed by atoms with E-state index in [1.54, 1.807) is 12.5 Å². The highest BCUT2D eigenvalue weighted by Crippen LogP contribution is 1.90. The zero-order valence-corrected chi connectivity index (χ0v) is 7.29. The molecule has 1 aromatic heterocycles. The molecule has 0 aliphatic heterocycles. The smallest absolute Gasteiger partial charge is 0.250 e. The number of aromatic nitrogens is 2. The first-order valence-electron chi connectivity index (χ1n) is 4.23. The molecule has 1 heterocycles. The summed E-state index contributed by atoms with van der Waals surface area (Å²) in [7, 11) is 0.